The third kappa shape index (κ3) is 3.74. The fourth-order valence-corrected chi connectivity index (χ4v) is 2.09. The molecule has 2 aromatic carbocycles. The molecule has 5 heteroatoms. The number of hydrogen-bond donors (Lipinski definition) is 2. The molecule has 20 heavy (non-hydrogen) atoms. The Hall–Kier alpha value is -2.01. The number of anilines is 1. The van der Waals surface area contributed by atoms with E-state index in [1.54, 1.807) is 18.3 Å². The number of phenolic OH excluding ortho intramolecular Hbond substituents is 1. The highest BCUT2D eigenvalue weighted by Gasteiger charge is 2.08. The van der Waals surface area contributed by atoms with Crippen LogP contribution in [0.25, 0.3) is 0 Å². The van der Waals surface area contributed by atoms with Gasteiger partial charge in [-0.1, -0.05) is 18.2 Å². The molecule has 0 amide bonds. The zero-order valence-electron chi connectivity index (χ0n) is 11.0. The minimum atomic E-state index is 0.0972. The number of nitrogens with zero attached hydrogens (tertiary/aromatic N) is 1. The predicted molar refractivity (Wildman–Crippen MR) is 84.6 cm³/mol. The van der Waals surface area contributed by atoms with Gasteiger partial charge < -0.3 is 9.84 Å². The summed E-state index contributed by atoms with van der Waals surface area (Å²) in [4.78, 5) is 0. The van der Waals surface area contributed by atoms with Crippen LogP contribution in [0.3, 0.4) is 0 Å². The Morgan fingerprint density at radius 3 is 2.75 bits per heavy atom. The molecular weight excluding hydrogens is 320 g/mol. The molecule has 0 heterocycles. The number of hydrogen-bond acceptors (Lipinski definition) is 4. The van der Waals surface area contributed by atoms with E-state index in [1.165, 1.54) is 0 Å². The van der Waals surface area contributed by atoms with Gasteiger partial charge in [0.1, 0.15) is 0 Å². The number of nitrogens with one attached hydrogen (secondary N) is 1. The first-order chi connectivity index (χ1) is 9.70. The average molecular weight is 335 g/mol. The molecule has 0 aliphatic rings. The molecule has 0 spiro atoms. The van der Waals surface area contributed by atoms with E-state index in [9.17, 15) is 5.11 Å². The number of para-hydroxylation sites is 1. The molecule has 0 radical (unpaired) electrons. The maximum atomic E-state index is 9.82. The maximum absolute atomic E-state index is 9.82. The van der Waals surface area contributed by atoms with E-state index in [1.807, 2.05) is 37.3 Å². The van der Waals surface area contributed by atoms with Crippen molar-refractivity contribution in [3.63, 3.8) is 0 Å². The van der Waals surface area contributed by atoms with Gasteiger partial charge in [0.25, 0.3) is 0 Å². The van der Waals surface area contributed by atoms with Gasteiger partial charge in [0.2, 0.25) is 0 Å². The standard InChI is InChI=1S/C15H15BrN2O2/c1-2-20-14-9-11(8-13(16)15(14)19)10-17-18-12-6-4-3-5-7-12/h3-10,18-19H,2H2,1H3/b17-10-. The fourth-order valence-electron chi connectivity index (χ4n) is 1.63. The van der Waals surface area contributed by atoms with Gasteiger partial charge in [0, 0.05) is 0 Å². The summed E-state index contributed by atoms with van der Waals surface area (Å²) in [6, 6.07) is 13.2. The normalized spacial score (nSPS) is 10.7. The van der Waals surface area contributed by atoms with E-state index in [0.29, 0.717) is 16.8 Å². The highest BCUT2D eigenvalue weighted by Crippen LogP contribution is 2.35. The van der Waals surface area contributed by atoms with Crippen molar-refractivity contribution in [2.45, 2.75) is 6.92 Å². The number of aromatic hydroxyl groups is 1. The summed E-state index contributed by atoms with van der Waals surface area (Å²) in [6.07, 6.45) is 1.67. The van der Waals surface area contributed by atoms with Gasteiger partial charge in [0.05, 0.1) is 23.0 Å². The minimum absolute atomic E-state index is 0.0972. The second-order valence-corrected chi connectivity index (χ2v) is 4.87. The summed E-state index contributed by atoms with van der Waals surface area (Å²) in [5, 5.41) is 14.0. The topological polar surface area (TPSA) is 53.8 Å². The molecule has 0 saturated heterocycles. The zero-order chi connectivity index (χ0) is 14.4. The van der Waals surface area contributed by atoms with Gasteiger partial charge in [-0.3, -0.25) is 5.43 Å². The van der Waals surface area contributed by atoms with Crippen molar-refractivity contribution in [3.05, 3.63) is 52.5 Å². The van der Waals surface area contributed by atoms with Crippen LogP contribution in [0.15, 0.2) is 52.0 Å². The Morgan fingerprint density at radius 2 is 2.05 bits per heavy atom. The quantitative estimate of drug-likeness (QED) is 0.641. The van der Waals surface area contributed by atoms with Gasteiger partial charge in [-0.15, -0.1) is 0 Å². The Bertz CT molecular complexity index is 600. The lowest BCUT2D eigenvalue weighted by Gasteiger charge is -2.08. The van der Waals surface area contributed by atoms with Crippen LogP contribution >= 0.6 is 15.9 Å². The van der Waals surface area contributed by atoms with Crippen LogP contribution in [-0.2, 0) is 0 Å². The largest absolute Gasteiger partial charge is 0.503 e. The van der Waals surface area contributed by atoms with E-state index in [4.69, 9.17) is 4.74 Å². The highest BCUT2D eigenvalue weighted by molar-refractivity contribution is 9.10. The third-order valence-corrected chi connectivity index (χ3v) is 3.14. The van der Waals surface area contributed by atoms with E-state index in [-0.39, 0.29) is 5.75 Å². The first-order valence-corrected chi connectivity index (χ1v) is 6.99. The highest BCUT2D eigenvalue weighted by atomic mass is 79.9. The van der Waals surface area contributed by atoms with Crippen LogP contribution < -0.4 is 10.2 Å². The summed E-state index contributed by atoms with van der Waals surface area (Å²) in [5.41, 5.74) is 4.66. The van der Waals surface area contributed by atoms with Crippen molar-refractivity contribution in [2.24, 2.45) is 5.10 Å². The molecule has 2 aromatic rings. The van der Waals surface area contributed by atoms with Crippen LogP contribution in [0.2, 0.25) is 0 Å². The fraction of sp³-hybridized carbons (Fsp3) is 0.133. The summed E-state index contributed by atoms with van der Waals surface area (Å²) < 4.78 is 5.93. The molecule has 2 N–H and O–H groups in total. The molecule has 4 nitrogen and oxygen atoms in total. The van der Waals surface area contributed by atoms with Gasteiger partial charge in [-0.2, -0.15) is 5.10 Å². The van der Waals surface area contributed by atoms with Crippen molar-refractivity contribution in [2.75, 3.05) is 12.0 Å². The molecule has 0 unspecified atom stereocenters. The Kier molecular flexibility index (Phi) is 5.01. The molecule has 2 rings (SSSR count). The van der Waals surface area contributed by atoms with Crippen LogP contribution in [0, 0.1) is 0 Å². The van der Waals surface area contributed by atoms with Gasteiger partial charge in [0.15, 0.2) is 11.5 Å². The lowest BCUT2D eigenvalue weighted by atomic mass is 10.2. The second-order valence-electron chi connectivity index (χ2n) is 4.02. The Labute approximate surface area is 126 Å². The summed E-state index contributed by atoms with van der Waals surface area (Å²) in [6.45, 7) is 2.36. The molecule has 0 aliphatic carbocycles. The summed E-state index contributed by atoms with van der Waals surface area (Å²) in [5.74, 6) is 0.531. The Morgan fingerprint density at radius 1 is 1.30 bits per heavy atom. The van der Waals surface area contributed by atoms with Crippen molar-refractivity contribution in [1.29, 1.82) is 0 Å². The van der Waals surface area contributed by atoms with Crippen LogP contribution in [0.4, 0.5) is 5.69 Å². The number of hydrazone groups is 1. The lowest BCUT2D eigenvalue weighted by molar-refractivity contribution is 0.317. The second kappa shape index (κ2) is 6.96. The third-order valence-electron chi connectivity index (χ3n) is 2.53. The number of rotatable bonds is 5. The van der Waals surface area contributed by atoms with Gasteiger partial charge in [-0.05, 0) is 52.7 Å². The number of phenols is 1. The van der Waals surface area contributed by atoms with E-state index in [2.05, 4.69) is 26.5 Å². The summed E-state index contributed by atoms with van der Waals surface area (Å²) in [7, 11) is 0. The van der Waals surface area contributed by atoms with Crippen molar-refractivity contribution in [1.82, 2.24) is 0 Å². The lowest BCUT2D eigenvalue weighted by Crippen LogP contribution is -1.95. The SMILES string of the molecule is CCOc1cc(/C=N\Nc2ccccc2)cc(Br)c1O. The van der Waals surface area contributed by atoms with E-state index < -0.39 is 0 Å². The molecule has 0 aliphatic heterocycles. The predicted octanol–water partition coefficient (Wildman–Crippen LogP) is 4.00. The maximum Gasteiger partial charge on any atom is 0.172 e. The molecule has 0 atom stereocenters. The molecule has 0 aromatic heterocycles. The van der Waals surface area contributed by atoms with Crippen molar-refractivity contribution >= 4 is 27.8 Å². The monoisotopic (exact) mass is 334 g/mol. The first kappa shape index (κ1) is 14.4. The number of benzene rings is 2. The van der Waals surface area contributed by atoms with E-state index >= 15 is 0 Å². The molecule has 0 bridgehead atoms. The smallest absolute Gasteiger partial charge is 0.172 e. The van der Waals surface area contributed by atoms with E-state index in [0.717, 1.165) is 11.3 Å². The molecule has 0 saturated carbocycles. The number of ether oxygens (including phenoxy) is 1. The van der Waals surface area contributed by atoms with Crippen LogP contribution in [0.1, 0.15) is 12.5 Å². The number of halogens is 1. The molecule has 0 fully saturated rings. The van der Waals surface area contributed by atoms with Crippen LogP contribution in [-0.4, -0.2) is 17.9 Å². The summed E-state index contributed by atoms with van der Waals surface area (Å²) >= 11 is 3.29. The first-order valence-electron chi connectivity index (χ1n) is 6.20. The van der Waals surface area contributed by atoms with Crippen molar-refractivity contribution < 1.29 is 9.84 Å². The molecule has 104 valence electrons. The van der Waals surface area contributed by atoms with Gasteiger partial charge in [-0.25, -0.2) is 0 Å². The molecular formula is C15H15BrN2O2. The zero-order valence-corrected chi connectivity index (χ0v) is 12.6. The Balaban J connectivity index is 2.13. The van der Waals surface area contributed by atoms with Crippen LogP contribution in [0.5, 0.6) is 11.5 Å². The average Bonchev–Trinajstić information content (AvgIpc) is 2.45. The van der Waals surface area contributed by atoms with Gasteiger partial charge >= 0.3 is 0 Å². The minimum Gasteiger partial charge on any atom is -0.503 e. The van der Waals surface area contributed by atoms with Crippen molar-refractivity contribution in [3.8, 4) is 11.5 Å².